The molecule has 0 aliphatic carbocycles. The van der Waals surface area contributed by atoms with Crippen molar-refractivity contribution in [3.63, 3.8) is 0 Å². The molecular weight excluding hydrogens is 314 g/mol. The molecule has 1 aliphatic heterocycles. The third-order valence-corrected chi connectivity index (χ3v) is 5.03. The van der Waals surface area contributed by atoms with Crippen LogP contribution in [0.2, 0.25) is 0 Å². The first-order valence-electron chi connectivity index (χ1n) is 8.03. The van der Waals surface area contributed by atoms with E-state index in [0.717, 1.165) is 16.2 Å². The molecule has 2 aromatic rings. The van der Waals surface area contributed by atoms with Gasteiger partial charge in [0.15, 0.2) is 0 Å². The number of hydrogen-bond acceptors (Lipinski definition) is 2. The van der Waals surface area contributed by atoms with Crippen LogP contribution in [0.1, 0.15) is 43.0 Å². The number of thioether (sulfide) groups is 1. The van der Waals surface area contributed by atoms with Crippen molar-refractivity contribution < 1.29 is 4.79 Å². The number of aryl methyl sites for hydroxylation is 1. The summed E-state index contributed by atoms with van der Waals surface area (Å²) in [7, 11) is 0. The third kappa shape index (κ3) is 3.68. The van der Waals surface area contributed by atoms with Gasteiger partial charge in [0.25, 0.3) is 5.91 Å². The number of amides is 1. The molecule has 0 spiro atoms. The molecule has 1 heterocycles. The van der Waals surface area contributed by atoms with Crippen molar-refractivity contribution in [1.29, 1.82) is 0 Å². The molecule has 0 N–H and O–H groups in total. The molecule has 0 saturated carbocycles. The van der Waals surface area contributed by atoms with Crippen LogP contribution >= 0.6 is 11.8 Å². The molecule has 0 atom stereocenters. The van der Waals surface area contributed by atoms with E-state index in [-0.39, 0.29) is 11.3 Å². The summed E-state index contributed by atoms with van der Waals surface area (Å²) >= 11 is 1.44. The summed E-state index contributed by atoms with van der Waals surface area (Å²) in [5, 5.41) is 0.776. The van der Waals surface area contributed by atoms with Gasteiger partial charge in [0.05, 0.1) is 4.91 Å². The van der Waals surface area contributed by atoms with Crippen LogP contribution in [-0.4, -0.2) is 11.0 Å². The van der Waals surface area contributed by atoms with E-state index in [1.165, 1.54) is 22.9 Å². The minimum atomic E-state index is -0.157. The summed E-state index contributed by atoms with van der Waals surface area (Å²) in [6.45, 7) is 8.63. The van der Waals surface area contributed by atoms with Gasteiger partial charge in [0.2, 0.25) is 0 Å². The van der Waals surface area contributed by atoms with Gasteiger partial charge in [-0.05, 0) is 29.5 Å². The van der Waals surface area contributed by atoms with E-state index < -0.39 is 0 Å². The summed E-state index contributed by atoms with van der Waals surface area (Å²) in [5.74, 6) is -0.157. The Morgan fingerprint density at radius 3 is 2.17 bits per heavy atom. The van der Waals surface area contributed by atoms with Crippen LogP contribution in [0, 0.1) is 6.92 Å². The maximum atomic E-state index is 12.2. The second-order valence-corrected chi connectivity index (χ2v) is 8.10. The number of rotatable bonds is 2. The lowest BCUT2D eigenvalue weighted by molar-refractivity contribution is -0.113. The second-order valence-electron chi connectivity index (χ2n) is 7.07. The molecule has 1 aliphatic rings. The maximum absolute atomic E-state index is 12.2. The number of benzene rings is 2. The lowest BCUT2D eigenvalue weighted by Crippen LogP contribution is -2.10. The molecule has 3 heteroatoms. The molecule has 0 aromatic heterocycles. The van der Waals surface area contributed by atoms with E-state index in [1.54, 1.807) is 0 Å². The highest BCUT2D eigenvalue weighted by Crippen LogP contribution is 2.32. The van der Waals surface area contributed by atoms with Gasteiger partial charge in [-0.3, -0.25) is 4.79 Å². The van der Waals surface area contributed by atoms with Gasteiger partial charge in [0, 0.05) is 5.56 Å². The number of nitrogens with zero attached hydrogens (tertiary/aromatic N) is 1. The molecule has 0 saturated heterocycles. The molecule has 0 radical (unpaired) electrons. The Balaban J connectivity index is 1.80. The van der Waals surface area contributed by atoms with Crippen LogP contribution in [0.4, 0.5) is 0 Å². The largest absolute Gasteiger partial charge is 0.284 e. The van der Waals surface area contributed by atoms with Crippen LogP contribution in [0.5, 0.6) is 0 Å². The predicted molar refractivity (Wildman–Crippen MR) is 103 cm³/mol. The molecular formula is C21H21NOS. The fraction of sp³-hybridized carbons (Fsp3) is 0.238. The van der Waals surface area contributed by atoms with Crippen molar-refractivity contribution in [2.45, 2.75) is 33.1 Å². The lowest BCUT2D eigenvalue weighted by atomic mass is 9.87. The third-order valence-electron chi connectivity index (χ3n) is 3.99. The minimum Gasteiger partial charge on any atom is -0.266 e. The van der Waals surface area contributed by atoms with Crippen LogP contribution < -0.4 is 0 Å². The van der Waals surface area contributed by atoms with Crippen molar-refractivity contribution in [3.05, 3.63) is 75.7 Å². The second kappa shape index (κ2) is 6.40. The molecule has 0 fully saturated rings. The molecule has 2 aromatic carbocycles. The highest BCUT2D eigenvalue weighted by atomic mass is 32.2. The summed E-state index contributed by atoms with van der Waals surface area (Å²) in [5.41, 5.74) is 4.63. The van der Waals surface area contributed by atoms with Crippen molar-refractivity contribution in [2.24, 2.45) is 4.99 Å². The summed E-state index contributed by atoms with van der Waals surface area (Å²) in [6.07, 6.45) is 1.92. The normalized spacial score (nSPS) is 16.6. The number of carbonyl (C=O) groups is 1. The Hall–Kier alpha value is -2.13. The fourth-order valence-corrected chi connectivity index (χ4v) is 3.38. The number of hydrogen-bond donors (Lipinski definition) is 0. The van der Waals surface area contributed by atoms with Crippen molar-refractivity contribution in [1.82, 2.24) is 0 Å². The highest BCUT2D eigenvalue weighted by molar-refractivity contribution is 8.19. The van der Waals surface area contributed by atoms with Crippen LogP contribution in [0.15, 0.2) is 58.4 Å². The zero-order chi connectivity index (χ0) is 17.3. The Kier molecular flexibility index (Phi) is 4.46. The van der Waals surface area contributed by atoms with Crippen LogP contribution in [0.25, 0.3) is 6.08 Å². The first-order chi connectivity index (χ1) is 11.3. The van der Waals surface area contributed by atoms with E-state index >= 15 is 0 Å². The van der Waals surface area contributed by atoms with Crippen LogP contribution in [-0.2, 0) is 10.2 Å². The smallest absolute Gasteiger partial charge is 0.266 e. The monoisotopic (exact) mass is 335 g/mol. The first-order valence-corrected chi connectivity index (χ1v) is 8.85. The van der Waals surface area contributed by atoms with Gasteiger partial charge < -0.3 is 0 Å². The average Bonchev–Trinajstić information content (AvgIpc) is 2.89. The summed E-state index contributed by atoms with van der Waals surface area (Å²) in [6, 6.07) is 16.5. The topological polar surface area (TPSA) is 29.4 Å². The van der Waals surface area contributed by atoms with E-state index in [0.29, 0.717) is 4.91 Å². The Labute approximate surface area is 147 Å². The number of aliphatic imine (C=N–C) groups is 1. The molecule has 2 nitrogen and oxygen atoms in total. The van der Waals surface area contributed by atoms with Crippen molar-refractivity contribution in [3.8, 4) is 0 Å². The fourth-order valence-electron chi connectivity index (χ4n) is 2.46. The van der Waals surface area contributed by atoms with Gasteiger partial charge in [-0.25, -0.2) is 4.99 Å². The molecule has 0 unspecified atom stereocenters. The van der Waals surface area contributed by atoms with E-state index in [9.17, 15) is 4.79 Å². The SMILES string of the molecule is Cc1ccc(C2=NC(=O)C(=Cc3ccc(C(C)(C)C)cc3)S2)cc1. The van der Waals surface area contributed by atoms with E-state index in [1.807, 2.05) is 37.3 Å². The average molecular weight is 335 g/mol. The van der Waals surface area contributed by atoms with E-state index in [4.69, 9.17) is 0 Å². The number of carbonyl (C=O) groups excluding carboxylic acids is 1. The maximum Gasteiger partial charge on any atom is 0.284 e. The molecule has 1 amide bonds. The first kappa shape index (κ1) is 16.7. The molecule has 3 rings (SSSR count). The Morgan fingerprint density at radius 2 is 1.58 bits per heavy atom. The van der Waals surface area contributed by atoms with Gasteiger partial charge in [-0.2, -0.15) is 0 Å². The standard InChI is InChI=1S/C21H21NOS/c1-14-5-9-16(10-6-14)20-22-19(23)18(24-20)13-15-7-11-17(12-8-15)21(2,3)4/h5-13H,1-4H3. The minimum absolute atomic E-state index is 0.130. The zero-order valence-electron chi connectivity index (χ0n) is 14.5. The zero-order valence-corrected chi connectivity index (χ0v) is 15.3. The van der Waals surface area contributed by atoms with Gasteiger partial charge in [0.1, 0.15) is 5.04 Å². The molecule has 0 bridgehead atoms. The lowest BCUT2D eigenvalue weighted by Gasteiger charge is -2.18. The van der Waals surface area contributed by atoms with Crippen LogP contribution in [0.3, 0.4) is 0 Å². The van der Waals surface area contributed by atoms with Gasteiger partial charge in [-0.15, -0.1) is 0 Å². The van der Waals surface area contributed by atoms with Gasteiger partial charge in [-0.1, -0.05) is 86.6 Å². The van der Waals surface area contributed by atoms with E-state index in [2.05, 4.69) is 50.0 Å². The molecule has 122 valence electrons. The quantitative estimate of drug-likeness (QED) is 0.692. The van der Waals surface area contributed by atoms with Crippen molar-refractivity contribution >= 4 is 28.8 Å². The summed E-state index contributed by atoms with van der Waals surface area (Å²) < 4.78 is 0. The van der Waals surface area contributed by atoms with Crippen molar-refractivity contribution in [2.75, 3.05) is 0 Å². The summed E-state index contributed by atoms with van der Waals surface area (Å²) in [4.78, 5) is 17.0. The molecule has 24 heavy (non-hydrogen) atoms. The predicted octanol–water partition coefficient (Wildman–Crippen LogP) is 5.35. The Bertz CT molecular complexity index is 822. The van der Waals surface area contributed by atoms with Gasteiger partial charge >= 0.3 is 0 Å². The highest BCUT2D eigenvalue weighted by Gasteiger charge is 2.23. The Morgan fingerprint density at radius 1 is 0.958 bits per heavy atom.